The first kappa shape index (κ1) is 28.7. The smallest absolute Gasteiger partial charge is 0.407 e. The van der Waals surface area contributed by atoms with Gasteiger partial charge in [-0.2, -0.15) is 0 Å². The number of nitrogens with zero attached hydrogens (tertiary/aromatic N) is 2. The molecule has 10 heteroatoms. The van der Waals surface area contributed by atoms with Crippen LogP contribution in [0.15, 0.2) is 85.1 Å². The summed E-state index contributed by atoms with van der Waals surface area (Å²) in [6, 6.07) is 24.5. The first-order valence-corrected chi connectivity index (χ1v) is 16.5. The quantitative estimate of drug-likeness (QED) is 0.277. The lowest BCUT2D eigenvalue weighted by atomic mass is 9.98. The number of carbonyl (C=O) groups is 2. The number of imidazole rings is 1. The van der Waals surface area contributed by atoms with Gasteiger partial charge >= 0.3 is 6.09 Å². The molecule has 1 aliphatic heterocycles. The number of hydrogen-bond donors (Lipinski definition) is 2. The second kappa shape index (κ2) is 12.0. The van der Waals surface area contributed by atoms with Gasteiger partial charge in [0.15, 0.2) is 0 Å². The summed E-state index contributed by atoms with van der Waals surface area (Å²) in [5.74, 6) is -0.0705. The number of rotatable bonds is 9. The number of amides is 2. The zero-order chi connectivity index (χ0) is 30.0. The van der Waals surface area contributed by atoms with Gasteiger partial charge in [0.25, 0.3) is 0 Å². The highest BCUT2D eigenvalue weighted by atomic mass is 32.2. The van der Waals surface area contributed by atoms with Crippen molar-refractivity contribution in [1.29, 1.82) is 0 Å². The molecule has 2 N–H and O–H groups in total. The first-order chi connectivity index (χ1) is 20.8. The van der Waals surface area contributed by atoms with Crippen molar-refractivity contribution in [2.24, 2.45) is 0 Å². The van der Waals surface area contributed by atoms with Crippen molar-refractivity contribution in [2.75, 3.05) is 25.2 Å². The standard InChI is InChI=1S/C33H34N4O5S/c1-43(40,41)19-17-28(32(38)37-18-9-16-30(37)31-34-20-29(35-31)22-10-3-2-4-11-22)36-33(39)42-21-27-25-14-7-5-12-23(25)24-13-6-8-15-26(24)27/h2-8,10-15,20,27-28,30H,9,16-19,21H2,1H3,(H,34,35)(H,36,39)/t28-,30-/m0/s1. The summed E-state index contributed by atoms with van der Waals surface area (Å²) < 4.78 is 29.8. The molecule has 43 heavy (non-hydrogen) atoms. The van der Waals surface area contributed by atoms with Crippen LogP contribution >= 0.6 is 0 Å². The lowest BCUT2D eigenvalue weighted by Gasteiger charge is -2.28. The second-order valence-corrected chi connectivity index (χ2v) is 13.4. The third-order valence-corrected chi connectivity index (χ3v) is 9.22. The highest BCUT2D eigenvalue weighted by molar-refractivity contribution is 7.90. The molecule has 0 spiro atoms. The van der Waals surface area contributed by atoms with Gasteiger partial charge in [-0.05, 0) is 47.1 Å². The summed E-state index contributed by atoms with van der Waals surface area (Å²) in [4.78, 5) is 36.6. The van der Waals surface area contributed by atoms with E-state index in [4.69, 9.17) is 4.74 Å². The Balaban J connectivity index is 1.16. The van der Waals surface area contributed by atoms with E-state index in [1.807, 2.05) is 66.7 Å². The number of fused-ring (bicyclic) bond motifs is 3. The van der Waals surface area contributed by atoms with Crippen molar-refractivity contribution in [2.45, 2.75) is 37.3 Å². The van der Waals surface area contributed by atoms with Crippen LogP contribution in [0.25, 0.3) is 22.4 Å². The maximum Gasteiger partial charge on any atom is 0.407 e. The fourth-order valence-electron chi connectivity index (χ4n) is 6.16. The van der Waals surface area contributed by atoms with Crippen molar-refractivity contribution in [3.8, 4) is 22.4 Å². The molecule has 2 amide bonds. The summed E-state index contributed by atoms with van der Waals surface area (Å²) >= 11 is 0. The number of aromatic amines is 1. The van der Waals surface area contributed by atoms with Crippen LogP contribution in [-0.4, -0.2) is 66.5 Å². The highest BCUT2D eigenvalue weighted by Crippen LogP contribution is 2.44. The van der Waals surface area contributed by atoms with Crippen LogP contribution in [0, 0.1) is 0 Å². The Bertz CT molecular complexity index is 1690. The minimum Gasteiger partial charge on any atom is -0.449 e. The van der Waals surface area contributed by atoms with Crippen molar-refractivity contribution in [3.63, 3.8) is 0 Å². The fourth-order valence-corrected chi connectivity index (χ4v) is 6.82. The SMILES string of the molecule is CS(=O)(=O)CC[C@H](NC(=O)OCC1c2ccccc2-c2ccccc21)C(=O)N1CCC[C@H]1c1ncc(-c2ccccc2)[nH]1. The number of hydrogen-bond acceptors (Lipinski definition) is 6. The Morgan fingerprint density at radius 3 is 2.33 bits per heavy atom. The van der Waals surface area contributed by atoms with Crippen LogP contribution in [0.3, 0.4) is 0 Å². The third-order valence-electron chi connectivity index (χ3n) is 8.24. The average Bonchev–Trinajstić information content (AvgIpc) is 3.76. The van der Waals surface area contributed by atoms with E-state index in [1.165, 1.54) is 0 Å². The van der Waals surface area contributed by atoms with Crippen LogP contribution in [0.5, 0.6) is 0 Å². The molecule has 6 rings (SSSR count). The molecule has 1 saturated heterocycles. The van der Waals surface area contributed by atoms with Gasteiger partial charge in [-0.15, -0.1) is 0 Å². The molecule has 1 fully saturated rings. The topological polar surface area (TPSA) is 121 Å². The maximum atomic E-state index is 13.9. The molecule has 9 nitrogen and oxygen atoms in total. The highest BCUT2D eigenvalue weighted by Gasteiger charge is 2.37. The number of likely N-dealkylation sites (tertiary alicyclic amines) is 1. The number of aromatic nitrogens is 2. The Morgan fingerprint density at radius 1 is 1.00 bits per heavy atom. The van der Waals surface area contributed by atoms with E-state index in [2.05, 4.69) is 27.4 Å². The molecule has 222 valence electrons. The molecule has 0 bridgehead atoms. The number of carbonyl (C=O) groups excluding carboxylic acids is 2. The molecule has 0 saturated carbocycles. The van der Waals surface area contributed by atoms with Gasteiger partial charge < -0.3 is 19.9 Å². The summed E-state index contributed by atoms with van der Waals surface area (Å²) in [6.45, 7) is 0.570. The van der Waals surface area contributed by atoms with Crippen LogP contribution < -0.4 is 5.32 Å². The number of nitrogens with one attached hydrogen (secondary N) is 2. The Hall–Kier alpha value is -4.44. The van der Waals surface area contributed by atoms with Gasteiger partial charge in [-0.25, -0.2) is 18.2 Å². The van der Waals surface area contributed by atoms with E-state index in [0.717, 1.165) is 46.2 Å². The van der Waals surface area contributed by atoms with E-state index in [0.29, 0.717) is 18.8 Å². The van der Waals surface area contributed by atoms with Crippen LogP contribution in [-0.2, 0) is 19.4 Å². The lowest BCUT2D eigenvalue weighted by Crippen LogP contribution is -2.49. The van der Waals surface area contributed by atoms with Gasteiger partial charge in [0, 0.05) is 18.7 Å². The molecule has 2 atom stereocenters. The van der Waals surface area contributed by atoms with Crippen LogP contribution in [0.2, 0.25) is 0 Å². The predicted octanol–water partition coefficient (Wildman–Crippen LogP) is 5.08. The summed E-state index contributed by atoms with van der Waals surface area (Å²) in [5.41, 5.74) is 6.22. The minimum absolute atomic E-state index is 0.0570. The lowest BCUT2D eigenvalue weighted by molar-refractivity contribution is -0.134. The first-order valence-electron chi connectivity index (χ1n) is 14.5. The van der Waals surface area contributed by atoms with Gasteiger partial charge in [0.2, 0.25) is 5.91 Å². The van der Waals surface area contributed by atoms with E-state index in [1.54, 1.807) is 11.1 Å². The molecule has 0 unspecified atom stereocenters. The van der Waals surface area contributed by atoms with Gasteiger partial charge in [0.1, 0.15) is 28.3 Å². The Kier molecular flexibility index (Phi) is 8.03. The van der Waals surface area contributed by atoms with Gasteiger partial charge in [-0.3, -0.25) is 4.79 Å². The van der Waals surface area contributed by atoms with Crippen molar-refractivity contribution < 1.29 is 22.7 Å². The maximum absolute atomic E-state index is 13.9. The van der Waals surface area contributed by atoms with Gasteiger partial charge in [-0.1, -0.05) is 78.9 Å². The number of alkyl carbamates (subject to hydrolysis) is 1. The van der Waals surface area contributed by atoms with Crippen molar-refractivity contribution >= 4 is 21.8 Å². The molecule has 2 heterocycles. The number of sulfone groups is 1. The summed E-state index contributed by atoms with van der Waals surface area (Å²) in [7, 11) is -3.38. The molecule has 1 aromatic heterocycles. The average molecular weight is 599 g/mol. The van der Waals surface area contributed by atoms with E-state index >= 15 is 0 Å². The van der Waals surface area contributed by atoms with Crippen molar-refractivity contribution in [3.05, 3.63) is 102 Å². The normalized spacial score (nSPS) is 16.9. The van der Waals surface area contributed by atoms with E-state index in [-0.39, 0.29) is 36.6 Å². The fraction of sp³-hybridized carbons (Fsp3) is 0.303. The van der Waals surface area contributed by atoms with E-state index in [9.17, 15) is 18.0 Å². The molecular weight excluding hydrogens is 564 g/mol. The predicted molar refractivity (Wildman–Crippen MR) is 164 cm³/mol. The molecule has 2 aliphatic rings. The summed E-state index contributed by atoms with van der Waals surface area (Å²) in [5, 5.41) is 2.69. The Labute approximate surface area is 251 Å². The number of ether oxygens (including phenoxy) is 1. The number of H-pyrrole nitrogens is 1. The zero-order valence-corrected chi connectivity index (χ0v) is 24.7. The Morgan fingerprint density at radius 2 is 1.65 bits per heavy atom. The molecule has 1 aliphatic carbocycles. The second-order valence-electron chi connectivity index (χ2n) is 11.2. The number of benzene rings is 3. The molecule has 3 aromatic carbocycles. The zero-order valence-electron chi connectivity index (χ0n) is 23.9. The summed E-state index contributed by atoms with van der Waals surface area (Å²) in [6.07, 6.45) is 3.53. The van der Waals surface area contributed by atoms with Gasteiger partial charge in [0.05, 0.1) is 23.7 Å². The molecular formula is C33H34N4O5S. The van der Waals surface area contributed by atoms with Crippen molar-refractivity contribution in [1.82, 2.24) is 20.2 Å². The van der Waals surface area contributed by atoms with Crippen LogP contribution in [0.4, 0.5) is 4.79 Å². The molecule has 4 aromatic rings. The largest absolute Gasteiger partial charge is 0.449 e. The van der Waals surface area contributed by atoms with E-state index < -0.39 is 22.0 Å². The monoisotopic (exact) mass is 598 g/mol. The van der Waals surface area contributed by atoms with Crippen LogP contribution in [0.1, 0.15) is 48.2 Å². The molecule has 0 radical (unpaired) electrons. The minimum atomic E-state index is -3.38. The third kappa shape index (κ3) is 6.19.